The van der Waals surface area contributed by atoms with Crippen LogP contribution in [0.1, 0.15) is 36.0 Å². The molecule has 2 saturated heterocycles. The predicted octanol–water partition coefficient (Wildman–Crippen LogP) is 3.87. The van der Waals surface area contributed by atoms with E-state index < -0.39 is 5.92 Å². The van der Waals surface area contributed by atoms with Crippen LogP contribution in [0.15, 0.2) is 42.5 Å². The molecule has 6 nitrogen and oxygen atoms in total. The van der Waals surface area contributed by atoms with E-state index in [9.17, 15) is 9.59 Å². The number of ether oxygens (including phenoxy) is 2. The maximum Gasteiger partial charge on any atom is 0.239 e. The molecule has 4 rings (SSSR count). The zero-order valence-corrected chi connectivity index (χ0v) is 19.2. The van der Waals surface area contributed by atoms with E-state index in [2.05, 4.69) is 6.92 Å². The molecule has 0 bridgehead atoms. The molecule has 32 heavy (non-hydrogen) atoms. The number of para-hydroxylation sites is 1. The molecule has 6 heteroatoms. The van der Waals surface area contributed by atoms with Gasteiger partial charge in [-0.05, 0) is 62.4 Å². The SMILES string of the molecule is COc1ccccc1CN(CC1CCCO1)C(=O)C1CCN(c2ccc(C)c(C)c2)C1=O. The summed E-state index contributed by atoms with van der Waals surface area (Å²) in [5.41, 5.74) is 4.12. The molecule has 2 unspecified atom stereocenters. The third kappa shape index (κ3) is 4.65. The van der Waals surface area contributed by atoms with Gasteiger partial charge in [-0.1, -0.05) is 24.3 Å². The van der Waals surface area contributed by atoms with Gasteiger partial charge in [-0.3, -0.25) is 9.59 Å². The maximum atomic E-state index is 13.6. The van der Waals surface area contributed by atoms with E-state index in [0.29, 0.717) is 26.1 Å². The van der Waals surface area contributed by atoms with Crippen molar-refractivity contribution in [3.05, 3.63) is 59.2 Å². The Morgan fingerprint density at radius 1 is 1.16 bits per heavy atom. The number of methoxy groups -OCH3 is 1. The smallest absolute Gasteiger partial charge is 0.239 e. The zero-order valence-electron chi connectivity index (χ0n) is 19.2. The molecule has 0 saturated carbocycles. The van der Waals surface area contributed by atoms with Gasteiger partial charge in [0, 0.05) is 37.5 Å². The summed E-state index contributed by atoms with van der Waals surface area (Å²) in [4.78, 5) is 30.5. The minimum absolute atomic E-state index is 0.0148. The molecule has 0 spiro atoms. The Hall–Kier alpha value is -2.86. The first-order chi connectivity index (χ1) is 15.5. The first-order valence-electron chi connectivity index (χ1n) is 11.4. The fraction of sp³-hybridized carbons (Fsp3) is 0.462. The average molecular weight is 437 g/mol. The van der Waals surface area contributed by atoms with E-state index in [1.807, 2.05) is 49.4 Å². The number of anilines is 1. The van der Waals surface area contributed by atoms with E-state index in [-0.39, 0.29) is 17.9 Å². The summed E-state index contributed by atoms with van der Waals surface area (Å²) >= 11 is 0. The summed E-state index contributed by atoms with van der Waals surface area (Å²) in [6.45, 7) is 6.27. The molecule has 2 fully saturated rings. The van der Waals surface area contributed by atoms with Crippen molar-refractivity contribution in [1.82, 2.24) is 4.90 Å². The molecule has 2 atom stereocenters. The number of amides is 2. The number of carbonyl (C=O) groups is 2. The number of nitrogens with zero attached hydrogens (tertiary/aromatic N) is 2. The van der Waals surface area contributed by atoms with Crippen LogP contribution < -0.4 is 9.64 Å². The van der Waals surface area contributed by atoms with Crippen molar-refractivity contribution < 1.29 is 19.1 Å². The highest BCUT2D eigenvalue weighted by atomic mass is 16.5. The number of benzene rings is 2. The molecular formula is C26H32N2O4. The lowest BCUT2D eigenvalue weighted by Crippen LogP contribution is -2.43. The lowest BCUT2D eigenvalue weighted by Gasteiger charge is -2.28. The second-order valence-electron chi connectivity index (χ2n) is 8.77. The Balaban J connectivity index is 1.54. The normalized spacial score (nSPS) is 20.6. The molecule has 2 aromatic rings. The minimum Gasteiger partial charge on any atom is -0.496 e. The highest BCUT2D eigenvalue weighted by Gasteiger charge is 2.40. The van der Waals surface area contributed by atoms with Crippen LogP contribution in [-0.2, 0) is 20.9 Å². The van der Waals surface area contributed by atoms with Crippen LogP contribution in [0.5, 0.6) is 5.75 Å². The average Bonchev–Trinajstić information content (AvgIpc) is 3.45. The largest absolute Gasteiger partial charge is 0.496 e. The van der Waals surface area contributed by atoms with Gasteiger partial charge in [-0.25, -0.2) is 0 Å². The Morgan fingerprint density at radius 2 is 1.97 bits per heavy atom. The van der Waals surface area contributed by atoms with Gasteiger partial charge >= 0.3 is 0 Å². The van der Waals surface area contributed by atoms with Crippen LogP contribution in [0.2, 0.25) is 0 Å². The summed E-state index contributed by atoms with van der Waals surface area (Å²) in [5.74, 6) is -0.154. The summed E-state index contributed by atoms with van der Waals surface area (Å²) in [6, 6.07) is 13.7. The minimum atomic E-state index is -0.660. The molecule has 2 aliphatic rings. The Morgan fingerprint density at radius 3 is 2.69 bits per heavy atom. The van der Waals surface area contributed by atoms with E-state index in [4.69, 9.17) is 9.47 Å². The maximum absolute atomic E-state index is 13.6. The van der Waals surface area contributed by atoms with E-state index >= 15 is 0 Å². The van der Waals surface area contributed by atoms with Crippen LogP contribution in [0.3, 0.4) is 0 Å². The topological polar surface area (TPSA) is 59.1 Å². The van der Waals surface area contributed by atoms with Crippen LogP contribution in [-0.4, -0.2) is 49.6 Å². The fourth-order valence-electron chi connectivity index (χ4n) is 4.59. The molecule has 2 aromatic carbocycles. The molecule has 2 heterocycles. The summed E-state index contributed by atoms with van der Waals surface area (Å²) < 4.78 is 11.3. The van der Waals surface area contributed by atoms with Gasteiger partial charge in [0.25, 0.3) is 0 Å². The standard InChI is InChI=1S/C26H32N2O4/c1-18-10-11-21(15-19(18)2)28-13-12-23(26(28)30)25(29)27(17-22-8-6-14-32-22)16-20-7-4-5-9-24(20)31-3/h4-5,7,9-11,15,22-23H,6,8,12-14,16-17H2,1-3H3. The van der Waals surface area contributed by atoms with E-state index in [1.165, 1.54) is 5.56 Å². The number of carbonyl (C=O) groups excluding carboxylic acids is 2. The molecule has 2 amide bonds. The second kappa shape index (κ2) is 9.74. The second-order valence-corrected chi connectivity index (χ2v) is 8.77. The molecule has 0 radical (unpaired) electrons. The molecule has 0 aromatic heterocycles. The van der Waals surface area contributed by atoms with Crippen molar-refractivity contribution in [2.45, 2.75) is 45.8 Å². The Labute approximate surface area is 190 Å². The van der Waals surface area contributed by atoms with Gasteiger partial charge in [-0.15, -0.1) is 0 Å². The molecule has 0 N–H and O–H groups in total. The van der Waals surface area contributed by atoms with Gasteiger partial charge in [0.1, 0.15) is 11.7 Å². The van der Waals surface area contributed by atoms with Crippen molar-refractivity contribution in [1.29, 1.82) is 0 Å². The Kier molecular flexibility index (Phi) is 6.80. The number of aryl methyl sites for hydroxylation is 2. The van der Waals surface area contributed by atoms with Crippen LogP contribution in [0.4, 0.5) is 5.69 Å². The molecule has 170 valence electrons. The number of rotatable bonds is 7. The van der Waals surface area contributed by atoms with Crippen molar-refractivity contribution in [2.24, 2.45) is 5.92 Å². The van der Waals surface area contributed by atoms with Crippen molar-refractivity contribution in [3.8, 4) is 5.75 Å². The number of hydrogen-bond acceptors (Lipinski definition) is 4. The van der Waals surface area contributed by atoms with Gasteiger partial charge in [0.15, 0.2) is 0 Å². The Bertz CT molecular complexity index is 984. The molecule has 0 aliphatic carbocycles. The first-order valence-corrected chi connectivity index (χ1v) is 11.4. The molecular weight excluding hydrogens is 404 g/mol. The zero-order chi connectivity index (χ0) is 22.7. The van der Waals surface area contributed by atoms with Crippen LogP contribution in [0, 0.1) is 19.8 Å². The van der Waals surface area contributed by atoms with E-state index in [1.54, 1.807) is 16.9 Å². The summed E-state index contributed by atoms with van der Waals surface area (Å²) in [7, 11) is 1.63. The monoisotopic (exact) mass is 436 g/mol. The fourth-order valence-corrected chi connectivity index (χ4v) is 4.59. The first kappa shape index (κ1) is 22.3. The number of hydrogen-bond donors (Lipinski definition) is 0. The predicted molar refractivity (Wildman–Crippen MR) is 124 cm³/mol. The van der Waals surface area contributed by atoms with Gasteiger partial charge in [-0.2, -0.15) is 0 Å². The van der Waals surface area contributed by atoms with Crippen molar-refractivity contribution >= 4 is 17.5 Å². The summed E-state index contributed by atoms with van der Waals surface area (Å²) in [6.07, 6.45) is 2.48. The lowest BCUT2D eigenvalue weighted by molar-refractivity contribution is -0.141. The lowest BCUT2D eigenvalue weighted by atomic mass is 10.0. The third-order valence-electron chi connectivity index (χ3n) is 6.62. The van der Waals surface area contributed by atoms with Crippen LogP contribution in [0.25, 0.3) is 0 Å². The van der Waals surface area contributed by atoms with Gasteiger partial charge < -0.3 is 19.3 Å². The van der Waals surface area contributed by atoms with Gasteiger partial charge in [0.05, 0.1) is 13.2 Å². The van der Waals surface area contributed by atoms with Crippen molar-refractivity contribution in [2.75, 3.05) is 31.7 Å². The summed E-state index contributed by atoms with van der Waals surface area (Å²) in [5, 5.41) is 0. The highest BCUT2D eigenvalue weighted by Crippen LogP contribution is 2.30. The molecule has 2 aliphatic heterocycles. The van der Waals surface area contributed by atoms with Gasteiger partial charge in [0.2, 0.25) is 11.8 Å². The van der Waals surface area contributed by atoms with Crippen LogP contribution >= 0.6 is 0 Å². The van der Waals surface area contributed by atoms with E-state index in [0.717, 1.165) is 42.0 Å². The highest BCUT2D eigenvalue weighted by molar-refractivity contribution is 6.09. The third-order valence-corrected chi connectivity index (χ3v) is 6.62. The van der Waals surface area contributed by atoms with Crippen molar-refractivity contribution in [3.63, 3.8) is 0 Å². The quantitative estimate of drug-likeness (QED) is 0.618.